The number of nitrogens with one attached hydrogen (secondary N) is 1. The van der Waals surface area contributed by atoms with E-state index < -0.39 is 36.6 Å². The quantitative estimate of drug-likeness (QED) is 0.536. The van der Waals surface area contributed by atoms with Crippen LogP contribution in [0.3, 0.4) is 0 Å². The van der Waals surface area contributed by atoms with Gasteiger partial charge in [-0.1, -0.05) is 24.8 Å². The molecule has 0 radical (unpaired) electrons. The van der Waals surface area contributed by atoms with Gasteiger partial charge in [-0.05, 0) is 52.3 Å². The summed E-state index contributed by atoms with van der Waals surface area (Å²) in [4.78, 5) is 13.0. The number of hydrogen-bond donors (Lipinski definition) is 3. The lowest BCUT2D eigenvalue weighted by molar-refractivity contribution is -0.307. The molecule has 33 heavy (non-hydrogen) atoms. The molecule has 10 nitrogen and oxygen atoms in total. The maximum atomic E-state index is 13.0. The van der Waals surface area contributed by atoms with E-state index in [4.69, 9.17) is 14.2 Å². The Bertz CT molecular complexity index is 885. The molecule has 1 amide bonds. The van der Waals surface area contributed by atoms with Crippen LogP contribution in [0.1, 0.15) is 46.4 Å². The summed E-state index contributed by atoms with van der Waals surface area (Å²) in [5.41, 5.74) is 2.54. The average molecular weight is 465 g/mol. The fraction of sp³-hybridized carbons (Fsp3) is 0.609. The SMILES string of the molecule is C.Cc1cn(-c2ccc(CNC(=O)C3O[C@@H](OC(C)C)[C@@H](O)[C@@H](O)[C@@H]3OC(C)C)cc2)nn1. The monoisotopic (exact) mass is 464 g/mol. The lowest BCUT2D eigenvalue weighted by Crippen LogP contribution is -2.63. The normalized spacial score (nSPS) is 25.2. The molecule has 1 unspecified atom stereocenters. The van der Waals surface area contributed by atoms with E-state index in [2.05, 4.69) is 15.6 Å². The van der Waals surface area contributed by atoms with Crippen LogP contribution in [-0.2, 0) is 25.5 Å². The van der Waals surface area contributed by atoms with Crippen molar-refractivity contribution in [3.8, 4) is 5.69 Å². The van der Waals surface area contributed by atoms with E-state index in [1.165, 1.54) is 0 Å². The van der Waals surface area contributed by atoms with Crippen molar-refractivity contribution in [3.05, 3.63) is 41.7 Å². The predicted molar refractivity (Wildman–Crippen MR) is 122 cm³/mol. The van der Waals surface area contributed by atoms with E-state index in [0.29, 0.717) is 0 Å². The lowest BCUT2D eigenvalue weighted by Gasteiger charge is -2.42. The minimum Gasteiger partial charge on any atom is -0.387 e. The summed E-state index contributed by atoms with van der Waals surface area (Å²) in [5, 5.41) is 31.8. The first-order chi connectivity index (χ1) is 15.2. The molecule has 10 heteroatoms. The van der Waals surface area contributed by atoms with Crippen molar-refractivity contribution in [1.29, 1.82) is 0 Å². The molecule has 0 spiro atoms. The molecule has 3 rings (SSSR count). The fourth-order valence-electron chi connectivity index (χ4n) is 3.42. The molecule has 1 aromatic heterocycles. The molecule has 0 aliphatic carbocycles. The molecule has 2 aromatic rings. The summed E-state index contributed by atoms with van der Waals surface area (Å²) >= 11 is 0. The Morgan fingerprint density at radius 3 is 2.30 bits per heavy atom. The highest BCUT2D eigenvalue weighted by atomic mass is 16.7. The van der Waals surface area contributed by atoms with Gasteiger partial charge in [0, 0.05) is 6.54 Å². The van der Waals surface area contributed by atoms with Crippen LogP contribution in [0.2, 0.25) is 0 Å². The third-order valence-corrected chi connectivity index (χ3v) is 4.91. The van der Waals surface area contributed by atoms with Gasteiger partial charge in [0.1, 0.15) is 18.3 Å². The summed E-state index contributed by atoms with van der Waals surface area (Å²) < 4.78 is 18.7. The largest absolute Gasteiger partial charge is 0.387 e. The van der Waals surface area contributed by atoms with Crippen LogP contribution in [0.15, 0.2) is 30.5 Å². The summed E-state index contributed by atoms with van der Waals surface area (Å²) in [6.45, 7) is 9.23. The van der Waals surface area contributed by atoms with Gasteiger partial charge in [0.25, 0.3) is 5.91 Å². The number of rotatable bonds is 8. The van der Waals surface area contributed by atoms with Gasteiger partial charge in [0.15, 0.2) is 12.4 Å². The topological polar surface area (TPSA) is 128 Å². The highest BCUT2D eigenvalue weighted by molar-refractivity contribution is 5.81. The zero-order valence-electron chi connectivity index (χ0n) is 19.0. The Hall–Kier alpha value is -2.37. The van der Waals surface area contributed by atoms with Crippen molar-refractivity contribution in [3.63, 3.8) is 0 Å². The van der Waals surface area contributed by atoms with E-state index in [9.17, 15) is 15.0 Å². The van der Waals surface area contributed by atoms with Crippen molar-refractivity contribution in [2.45, 2.75) is 91.5 Å². The number of carbonyl (C=O) groups is 1. The molecule has 1 aliphatic heterocycles. The summed E-state index contributed by atoms with van der Waals surface area (Å²) in [6, 6.07) is 7.51. The third-order valence-electron chi connectivity index (χ3n) is 4.91. The smallest absolute Gasteiger partial charge is 0.252 e. The minimum absolute atomic E-state index is 0. The predicted octanol–water partition coefficient (Wildman–Crippen LogP) is 1.49. The Labute approximate surface area is 194 Å². The molecule has 5 atom stereocenters. The Morgan fingerprint density at radius 2 is 1.76 bits per heavy atom. The highest BCUT2D eigenvalue weighted by Gasteiger charge is 2.49. The summed E-state index contributed by atoms with van der Waals surface area (Å²) in [7, 11) is 0. The van der Waals surface area contributed by atoms with E-state index in [0.717, 1.165) is 16.9 Å². The fourth-order valence-corrected chi connectivity index (χ4v) is 3.42. The van der Waals surface area contributed by atoms with Gasteiger partial charge in [-0.3, -0.25) is 4.79 Å². The van der Waals surface area contributed by atoms with Crippen LogP contribution in [0.5, 0.6) is 0 Å². The number of hydrogen-bond acceptors (Lipinski definition) is 8. The van der Waals surface area contributed by atoms with Gasteiger partial charge in [0.05, 0.1) is 29.8 Å². The summed E-state index contributed by atoms with van der Waals surface area (Å²) in [6.07, 6.45) is -4.71. The first kappa shape index (κ1) is 26.9. The Kier molecular flexibility index (Phi) is 9.50. The number of carbonyl (C=O) groups excluding carboxylic acids is 1. The van der Waals surface area contributed by atoms with E-state index in [1.54, 1.807) is 32.4 Å². The number of nitrogens with zero attached hydrogens (tertiary/aromatic N) is 3. The second-order valence-corrected chi connectivity index (χ2v) is 8.43. The summed E-state index contributed by atoms with van der Waals surface area (Å²) in [5.74, 6) is -0.463. The first-order valence-electron chi connectivity index (χ1n) is 10.7. The third kappa shape index (κ3) is 6.81. The molecule has 2 heterocycles. The van der Waals surface area contributed by atoms with Gasteiger partial charge in [-0.15, -0.1) is 5.10 Å². The molecule has 0 bridgehead atoms. The van der Waals surface area contributed by atoms with Crippen molar-refractivity contribution in [1.82, 2.24) is 20.3 Å². The van der Waals surface area contributed by atoms with Crippen LogP contribution >= 0.6 is 0 Å². The van der Waals surface area contributed by atoms with Crippen LogP contribution in [0, 0.1) is 6.92 Å². The van der Waals surface area contributed by atoms with Crippen LogP contribution in [0.25, 0.3) is 5.69 Å². The molecule has 1 aromatic carbocycles. The van der Waals surface area contributed by atoms with Gasteiger partial charge in [-0.25, -0.2) is 4.68 Å². The Morgan fingerprint density at radius 1 is 1.12 bits per heavy atom. The highest BCUT2D eigenvalue weighted by Crippen LogP contribution is 2.26. The van der Waals surface area contributed by atoms with Gasteiger partial charge < -0.3 is 29.7 Å². The first-order valence-corrected chi connectivity index (χ1v) is 10.7. The number of aryl methyl sites for hydroxylation is 1. The number of aliphatic hydroxyl groups is 2. The molecule has 3 N–H and O–H groups in total. The number of benzene rings is 1. The zero-order chi connectivity index (χ0) is 23.4. The number of amides is 1. The van der Waals surface area contributed by atoms with Crippen molar-refractivity contribution in [2.75, 3.05) is 0 Å². The number of aromatic nitrogens is 3. The molecular formula is C23H36N4O6. The molecule has 0 saturated carbocycles. The maximum absolute atomic E-state index is 13.0. The van der Waals surface area contributed by atoms with Crippen LogP contribution in [-0.4, -0.2) is 74.0 Å². The second-order valence-electron chi connectivity index (χ2n) is 8.43. The molecule has 1 fully saturated rings. The minimum atomic E-state index is -1.34. The van der Waals surface area contributed by atoms with Crippen LogP contribution in [0.4, 0.5) is 0 Å². The Balaban J connectivity index is 0.00000385. The van der Waals surface area contributed by atoms with E-state index in [1.807, 2.05) is 37.4 Å². The molecule has 1 aliphatic rings. The number of ether oxygens (including phenoxy) is 3. The zero-order valence-corrected chi connectivity index (χ0v) is 19.0. The van der Waals surface area contributed by atoms with Crippen LogP contribution < -0.4 is 5.32 Å². The van der Waals surface area contributed by atoms with Gasteiger partial charge >= 0.3 is 0 Å². The average Bonchev–Trinajstić information content (AvgIpc) is 3.17. The van der Waals surface area contributed by atoms with Gasteiger partial charge in [-0.2, -0.15) is 0 Å². The van der Waals surface area contributed by atoms with Crippen molar-refractivity contribution in [2.24, 2.45) is 0 Å². The maximum Gasteiger partial charge on any atom is 0.252 e. The standard InChI is InChI=1S/C22H32N4O6.CH4/c1-12(2)30-19-17(27)18(28)22(31-13(3)4)32-20(19)21(29)23-10-15-6-8-16(9-7-15)26-11-14(5)24-25-26;/h6-9,11-13,17-20,22,27-28H,10H2,1-5H3,(H,23,29);1H4/t17-,18+,19+,20?,22-;/m1./s1. The second kappa shape index (κ2) is 11.7. The van der Waals surface area contributed by atoms with Crippen molar-refractivity contribution < 1.29 is 29.2 Å². The van der Waals surface area contributed by atoms with E-state index >= 15 is 0 Å². The van der Waals surface area contributed by atoms with Gasteiger partial charge in [0.2, 0.25) is 0 Å². The van der Waals surface area contributed by atoms with Crippen molar-refractivity contribution >= 4 is 5.91 Å². The number of aliphatic hydroxyl groups excluding tert-OH is 2. The van der Waals surface area contributed by atoms with E-state index in [-0.39, 0.29) is 26.2 Å². The molecular weight excluding hydrogens is 428 g/mol. The molecule has 184 valence electrons. The lowest BCUT2D eigenvalue weighted by atomic mass is 9.97. The molecule has 1 saturated heterocycles.